The first kappa shape index (κ1) is 20.0. The van der Waals surface area contributed by atoms with Crippen molar-refractivity contribution < 1.29 is 14.3 Å². The van der Waals surface area contributed by atoms with E-state index in [-0.39, 0.29) is 12.2 Å². The van der Waals surface area contributed by atoms with Gasteiger partial charge < -0.3 is 15.4 Å². The van der Waals surface area contributed by atoms with Gasteiger partial charge in [0.05, 0.1) is 17.9 Å². The monoisotopic (exact) mass is 383 g/mol. The van der Waals surface area contributed by atoms with E-state index in [1.165, 1.54) is 6.20 Å². The van der Waals surface area contributed by atoms with Crippen LogP contribution < -0.4 is 10.6 Å². The van der Waals surface area contributed by atoms with Crippen molar-refractivity contribution in [3.05, 3.63) is 70.4 Å². The second-order valence-electron chi connectivity index (χ2n) is 5.50. The zero-order valence-electron chi connectivity index (χ0n) is 14.9. The summed E-state index contributed by atoms with van der Waals surface area (Å²) in [4.78, 5) is 24.3. The number of benzene rings is 2. The number of nitrogens with zero attached hydrogens (tertiary/aromatic N) is 1. The number of carbonyl (C=O) groups is 2. The highest BCUT2D eigenvalue weighted by Crippen LogP contribution is 2.21. The molecule has 0 bridgehead atoms. The van der Waals surface area contributed by atoms with E-state index >= 15 is 0 Å². The number of rotatable bonds is 6. The smallest absolute Gasteiger partial charge is 0.340 e. The average molecular weight is 384 g/mol. The zero-order valence-corrected chi connectivity index (χ0v) is 15.6. The summed E-state index contributed by atoms with van der Waals surface area (Å²) in [7, 11) is 0. The number of nitriles is 1. The number of hydrogen-bond donors (Lipinski definition) is 2. The molecule has 0 fully saturated rings. The van der Waals surface area contributed by atoms with Crippen LogP contribution in [0.2, 0.25) is 5.02 Å². The van der Waals surface area contributed by atoms with Gasteiger partial charge >= 0.3 is 5.97 Å². The van der Waals surface area contributed by atoms with E-state index < -0.39 is 11.9 Å². The molecule has 2 N–H and O–H groups in total. The molecule has 138 valence electrons. The molecule has 0 aliphatic rings. The first-order valence-electron chi connectivity index (χ1n) is 8.16. The van der Waals surface area contributed by atoms with Gasteiger partial charge in [-0.3, -0.25) is 4.79 Å². The minimum atomic E-state index is -0.599. The van der Waals surface area contributed by atoms with E-state index in [1.54, 1.807) is 49.4 Å². The second kappa shape index (κ2) is 9.41. The van der Waals surface area contributed by atoms with Gasteiger partial charge in [-0.25, -0.2) is 4.79 Å². The topological polar surface area (TPSA) is 91.2 Å². The van der Waals surface area contributed by atoms with Gasteiger partial charge in [0.25, 0.3) is 5.91 Å². The summed E-state index contributed by atoms with van der Waals surface area (Å²) in [6, 6.07) is 13.5. The quantitative estimate of drug-likeness (QED) is 0.441. The Kier molecular flexibility index (Phi) is 6.98. The van der Waals surface area contributed by atoms with E-state index in [4.69, 9.17) is 16.3 Å². The van der Waals surface area contributed by atoms with Crippen LogP contribution in [0.15, 0.2) is 54.2 Å². The Morgan fingerprint density at radius 1 is 1.26 bits per heavy atom. The third-order valence-corrected chi connectivity index (χ3v) is 4.00. The molecule has 27 heavy (non-hydrogen) atoms. The fourth-order valence-electron chi connectivity index (χ4n) is 2.16. The minimum Gasteiger partial charge on any atom is -0.462 e. The molecule has 0 radical (unpaired) electrons. The van der Waals surface area contributed by atoms with Crippen molar-refractivity contribution in [2.24, 2.45) is 0 Å². The number of carbonyl (C=O) groups excluding carboxylic acids is 2. The van der Waals surface area contributed by atoms with Crippen LogP contribution in [0.3, 0.4) is 0 Å². The fourth-order valence-corrected chi connectivity index (χ4v) is 2.34. The molecule has 2 rings (SSSR count). The van der Waals surface area contributed by atoms with Crippen molar-refractivity contribution in [2.75, 3.05) is 17.2 Å². The summed E-state index contributed by atoms with van der Waals surface area (Å²) in [5, 5.41) is 15.2. The van der Waals surface area contributed by atoms with E-state index in [9.17, 15) is 14.9 Å². The lowest BCUT2D eigenvalue weighted by Crippen LogP contribution is -2.15. The van der Waals surface area contributed by atoms with Crippen LogP contribution in [0, 0.1) is 18.3 Å². The fraction of sp³-hybridized carbons (Fsp3) is 0.150. The molecule has 0 saturated heterocycles. The van der Waals surface area contributed by atoms with Gasteiger partial charge in [-0.1, -0.05) is 29.8 Å². The SMILES string of the molecule is CCOC(=O)c1ccccc1N/C=C(/C#N)C(=O)Nc1ccc(C)c(Cl)c1. The summed E-state index contributed by atoms with van der Waals surface area (Å²) < 4.78 is 4.99. The van der Waals surface area contributed by atoms with E-state index in [0.29, 0.717) is 22.0 Å². The van der Waals surface area contributed by atoms with Crippen LogP contribution in [0.5, 0.6) is 0 Å². The molecule has 0 unspecified atom stereocenters. The summed E-state index contributed by atoms with van der Waals surface area (Å²) in [5.41, 5.74) is 1.92. The van der Waals surface area contributed by atoms with E-state index in [2.05, 4.69) is 10.6 Å². The number of aryl methyl sites for hydroxylation is 1. The molecule has 0 atom stereocenters. The predicted molar refractivity (Wildman–Crippen MR) is 105 cm³/mol. The van der Waals surface area contributed by atoms with Crippen molar-refractivity contribution in [1.82, 2.24) is 0 Å². The highest BCUT2D eigenvalue weighted by molar-refractivity contribution is 6.31. The van der Waals surface area contributed by atoms with Crippen LogP contribution in [-0.2, 0) is 9.53 Å². The van der Waals surface area contributed by atoms with Crippen LogP contribution in [0.4, 0.5) is 11.4 Å². The Labute approximate surface area is 162 Å². The highest BCUT2D eigenvalue weighted by Gasteiger charge is 2.13. The lowest BCUT2D eigenvalue weighted by atomic mass is 10.1. The van der Waals surface area contributed by atoms with Gasteiger partial charge in [0.2, 0.25) is 0 Å². The minimum absolute atomic E-state index is 0.162. The van der Waals surface area contributed by atoms with Crippen LogP contribution >= 0.6 is 11.6 Å². The van der Waals surface area contributed by atoms with Crippen LogP contribution in [0.1, 0.15) is 22.8 Å². The Hall–Kier alpha value is -3.30. The Bertz CT molecular complexity index is 932. The summed E-state index contributed by atoms with van der Waals surface area (Å²) in [5.74, 6) is -1.09. The van der Waals surface area contributed by atoms with E-state index in [1.807, 2.05) is 13.0 Å². The predicted octanol–water partition coefficient (Wildman–Crippen LogP) is 4.28. The third-order valence-electron chi connectivity index (χ3n) is 3.59. The van der Waals surface area contributed by atoms with Gasteiger partial charge in [0, 0.05) is 16.9 Å². The first-order valence-corrected chi connectivity index (χ1v) is 8.54. The standard InChI is InChI=1S/C20H18ClN3O3/c1-3-27-20(26)16-6-4-5-7-18(16)23-12-14(11-22)19(25)24-15-9-8-13(2)17(21)10-15/h4-10,12,23H,3H2,1-2H3,(H,24,25)/b14-12-. The molecule has 7 heteroatoms. The third kappa shape index (κ3) is 5.33. The van der Waals surface area contributed by atoms with Gasteiger partial charge in [0.15, 0.2) is 0 Å². The first-order chi connectivity index (χ1) is 13.0. The Balaban J connectivity index is 2.17. The molecule has 0 saturated carbocycles. The number of anilines is 2. The van der Waals surface area contributed by atoms with Crippen molar-refractivity contribution >= 4 is 34.9 Å². The number of esters is 1. The molecular formula is C20H18ClN3O3. The maximum Gasteiger partial charge on any atom is 0.340 e. The molecule has 2 aromatic carbocycles. The maximum absolute atomic E-state index is 12.3. The normalized spacial score (nSPS) is 10.7. The number of amides is 1. The molecule has 0 spiro atoms. The maximum atomic E-state index is 12.3. The highest BCUT2D eigenvalue weighted by atomic mass is 35.5. The molecule has 6 nitrogen and oxygen atoms in total. The van der Waals surface area contributed by atoms with E-state index in [0.717, 1.165) is 5.56 Å². The molecule has 0 aromatic heterocycles. The molecule has 0 aliphatic carbocycles. The lowest BCUT2D eigenvalue weighted by molar-refractivity contribution is -0.112. The number of nitrogens with one attached hydrogen (secondary N) is 2. The molecule has 2 aromatic rings. The molecule has 0 heterocycles. The molecule has 1 amide bonds. The Morgan fingerprint density at radius 2 is 2.00 bits per heavy atom. The summed E-state index contributed by atoms with van der Waals surface area (Å²) in [6.45, 7) is 3.80. The zero-order chi connectivity index (χ0) is 19.8. The molecule has 0 aliphatic heterocycles. The number of ether oxygens (including phenoxy) is 1. The van der Waals surface area contributed by atoms with Gasteiger partial charge in [-0.05, 0) is 43.7 Å². The van der Waals surface area contributed by atoms with Crippen molar-refractivity contribution in [3.63, 3.8) is 0 Å². The van der Waals surface area contributed by atoms with Gasteiger partial charge in [-0.2, -0.15) is 5.26 Å². The van der Waals surface area contributed by atoms with Crippen LogP contribution in [0.25, 0.3) is 0 Å². The second-order valence-corrected chi connectivity index (χ2v) is 5.91. The number of hydrogen-bond acceptors (Lipinski definition) is 5. The summed E-state index contributed by atoms with van der Waals surface area (Å²) in [6.07, 6.45) is 1.24. The van der Waals surface area contributed by atoms with Crippen molar-refractivity contribution in [1.29, 1.82) is 5.26 Å². The lowest BCUT2D eigenvalue weighted by Gasteiger charge is -2.09. The molecular weight excluding hydrogens is 366 g/mol. The van der Waals surface area contributed by atoms with Crippen molar-refractivity contribution in [3.8, 4) is 6.07 Å². The largest absolute Gasteiger partial charge is 0.462 e. The average Bonchev–Trinajstić information content (AvgIpc) is 2.65. The van der Waals surface area contributed by atoms with Crippen molar-refractivity contribution in [2.45, 2.75) is 13.8 Å². The summed E-state index contributed by atoms with van der Waals surface area (Å²) >= 11 is 6.04. The Morgan fingerprint density at radius 3 is 2.67 bits per heavy atom. The van der Waals surface area contributed by atoms with Crippen LogP contribution in [-0.4, -0.2) is 18.5 Å². The van der Waals surface area contributed by atoms with Gasteiger partial charge in [0.1, 0.15) is 11.6 Å². The van der Waals surface area contributed by atoms with Gasteiger partial charge in [-0.15, -0.1) is 0 Å². The number of halogens is 1. The number of para-hydroxylation sites is 1.